The summed E-state index contributed by atoms with van der Waals surface area (Å²) in [6, 6.07) is 13.0. The molecule has 0 bridgehead atoms. The maximum Gasteiger partial charge on any atom is 0.255 e. The van der Waals surface area contributed by atoms with Crippen LogP contribution in [0.2, 0.25) is 0 Å². The molecule has 2 amide bonds. The standard InChI is InChI=1S/C21H23N5O2/c1-14(2)20-18(13-24-26(20)19-9-4-5-10-22-19)21(28)23-12-16-7-6-8-17(11-16)25-15(3)27/h4-11,13-14H,12H2,1-3H3,(H,23,28)(H,25,27). The molecule has 3 rings (SSSR count). The van der Waals surface area contributed by atoms with Gasteiger partial charge in [0.15, 0.2) is 5.82 Å². The summed E-state index contributed by atoms with van der Waals surface area (Å²) in [6.45, 7) is 5.84. The number of amides is 2. The average Bonchev–Trinajstić information content (AvgIpc) is 3.12. The summed E-state index contributed by atoms with van der Waals surface area (Å²) >= 11 is 0. The van der Waals surface area contributed by atoms with Crippen molar-refractivity contribution >= 4 is 17.5 Å². The van der Waals surface area contributed by atoms with Crippen LogP contribution in [0.5, 0.6) is 0 Å². The van der Waals surface area contributed by atoms with E-state index >= 15 is 0 Å². The van der Waals surface area contributed by atoms with Gasteiger partial charge >= 0.3 is 0 Å². The third kappa shape index (κ3) is 4.43. The normalized spacial score (nSPS) is 10.7. The molecule has 144 valence electrons. The first-order valence-corrected chi connectivity index (χ1v) is 9.09. The highest BCUT2D eigenvalue weighted by Crippen LogP contribution is 2.22. The molecular weight excluding hydrogens is 354 g/mol. The van der Waals surface area contributed by atoms with Gasteiger partial charge < -0.3 is 10.6 Å². The molecule has 7 nitrogen and oxygen atoms in total. The van der Waals surface area contributed by atoms with Crippen LogP contribution in [0.25, 0.3) is 5.82 Å². The zero-order valence-electron chi connectivity index (χ0n) is 16.1. The second kappa shape index (κ2) is 8.47. The Kier molecular flexibility index (Phi) is 5.84. The van der Waals surface area contributed by atoms with Crippen LogP contribution < -0.4 is 10.6 Å². The topological polar surface area (TPSA) is 88.9 Å². The summed E-state index contributed by atoms with van der Waals surface area (Å²) in [4.78, 5) is 28.3. The zero-order valence-corrected chi connectivity index (χ0v) is 16.1. The fourth-order valence-electron chi connectivity index (χ4n) is 2.99. The number of rotatable bonds is 6. The van der Waals surface area contributed by atoms with Gasteiger partial charge in [0.05, 0.1) is 17.5 Å². The smallest absolute Gasteiger partial charge is 0.255 e. The van der Waals surface area contributed by atoms with Gasteiger partial charge in [-0.25, -0.2) is 9.67 Å². The van der Waals surface area contributed by atoms with Gasteiger partial charge in [-0.2, -0.15) is 5.10 Å². The minimum Gasteiger partial charge on any atom is -0.348 e. The molecule has 28 heavy (non-hydrogen) atoms. The second-order valence-electron chi connectivity index (χ2n) is 6.76. The number of nitrogens with one attached hydrogen (secondary N) is 2. The van der Waals surface area contributed by atoms with Crippen LogP contribution in [0.15, 0.2) is 54.9 Å². The number of benzene rings is 1. The Hall–Kier alpha value is -3.48. The summed E-state index contributed by atoms with van der Waals surface area (Å²) in [6.07, 6.45) is 3.27. The summed E-state index contributed by atoms with van der Waals surface area (Å²) in [5.74, 6) is 0.433. The van der Waals surface area contributed by atoms with Gasteiger partial charge in [-0.3, -0.25) is 9.59 Å². The Morgan fingerprint density at radius 1 is 1.14 bits per heavy atom. The van der Waals surface area contributed by atoms with E-state index in [1.807, 2.05) is 50.2 Å². The molecule has 2 heterocycles. The van der Waals surface area contributed by atoms with Gasteiger partial charge in [-0.1, -0.05) is 32.0 Å². The monoisotopic (exact) mass is 377 g/mol. The van der Waals surface area contributed by atoms with E-state index in [1.165, 1.54) is 6.92 Å². The van der Waals surface area contributed by atoms with Gasteiger partial charge in [-0.05, 0) is 35.7 Å². The summed E-state index contributed by atoms with van der Waals surface area (Å²) in [5, 5.41) is 10.0. The predicted octanol–water partition coefficient (Wildman–Crippen LogP) is 3.28. The number of pyridine rings is 1. The van der Waals surface area contributed by atoms with Crippen molar-refractivity contribution in [2.45, 2.75) is 33.2 Å². The van der Waals surface area contributed by atoms with Crippen LogP contribution in [-0.2, 0) is 11.3 Å². The quantitative estimate of drug-likeness (QED) is 0.690. The molecule has 2 N–H and O–H groups in total. The SMILES string of the molecule is CC(=O)Nc1cccc(CNC(=O)c2cnn(-c3ccccn3)c2C(C)C)c1. The number of hydrogen-bond donors (Lipinski definition) is 2. The van der Waals surface area contributed by atoms with Crippen LogP contribution >= 0.6 is 0 Å². The van der Waals surface area contributed by atoms with Crippen LogP contribution in [0.1, 0.15) is 48.3 Å². The first-order chi connectivity index (χ1) is 13.5. The van der Waals surface area contributed by atoms with E-state index < -0.39 is 0 Å². The number of carbonyl (C=O) groups is 2. The molecule has 0 aliphatic heterocycles. The van der Waals surface area contributed by atoms with E-state index in [-0.39, 0.29) is 17.7 Å². The fourth-order valence-corrected chi connectivity index (χ4v) is 2.99. The van der Waals surface area contributed by atoms with E-state index in [4.69, 9.17) is 0 Å². The summed E-state index contributed by atoms with van der Waals surface area (Å²) < 4.78 is 1.71. The highest BCUT2D eigenvalue weighted by molar-refractivity contribution is 5.95. The van der Waals surface area contributed by atoms with E-state index in [0.717, 1.165) is 11.3 Å². The lowest BCUT2D eigenvalue weighted by atomic mass is 10.1. The van der Waals surface area contributed by atoms with Crippen LogP contribution in [0.3, 0.4) is 0 Å². The molecule has 0 unspecified atom stereocenters. The molecule has 0 saturated carbocycles. The molecule has 2 aromatic heterocycles. The molecule has 0 aliphatic rings. The van der Waals surface area contributed by atoms with Gasteiger partial charge in [0.25, 0.3) is 5.91 Å². The Morgan fingerprint density at radius 3 is 2.64 bits per heavy atom. The first kappa shape index (κ1) is 19.3. The predicted molar refractivity (Wildman–Crippen MR) is 107 cm³/mol. The van der Waals surface area contributed by atoms with Crippen molar-refractivity contribution in [3.05, 3.63) is 71.7 Å². The first-order valence-electron chi connectivity index (χ1n) is 9.09. The van der Waals surface area contributed by atoms with Crippen LogP contribution in [0.4, 0.5) is 5.69 Å². The third-order valence-corrected chi connectivity index (χ3v) is 4.16. The van der Waals surface area contributed by atoms with E-state index in [2.05, 4.69) is 20.7 Å². The fraction of sp³-hybridized carbons (Fsp3) is 0.238. The van der Waals surface area contributed by atoms with Crippen LogP contribution in [-0.4, -0.2) is 26.6 Å². The minimum atomic E-state index is -0.198. The maximum absolute atomic E-state index is 12.8. The highest BCUT2D eigenvalue weighted by atomic mass is 16.2. The van der Waals surface area contributed by atoms with Crippen molar-refractivity contribution in [1.29, 1.82) is 0 Å². The molecule has 0 saturated heterocycles. The molecule has 7 heteroatoms. The van der Waals surface area contributed by atoms with Gasteiger partial charge in [0.1, 0.15) is 0 Å². The van der Waals surface area contributed by atoms with Crippen molar-refractivity contribution in [2.24, 2.45) is 0 Å². The largest absolute Gasteiger partial charge is 0.348 e. The average molecular weight is 377 g/mol. The molecule has 0 radical (unpaired) electrons. The van der Waals surface area contributed by atoms with E-state index in [0.29, 0.717) is 23.6 Å². The van der Waals surface area contributed by atoms with Gasteiger partial charge in [0.2, 0.25) is 5.91 Å². The molecule has 3 aromatic rings. The zero-order chi connectivity index (χ0) is 20.1. The minimum absolute atomic E-state index is 0.0911. The highest BCUT2D eigenvalue weighted by Gasteiger charge is 2.21. The molecule has 0 spiro atoms. The van der Waals surface area contributed by atoms with Crippen molar-refractivity contribution in [1.82, 2.24) is 20.1 Å². The molecule has 1 aromatic carbocycles. The number of aromatic nitrogens is 3. The number of nitrogens with zero attached hydrogens (tertiary/aromatic N) is 3. The summed E-state index contributed by atoms with van der Waals surface area (Å²) in [7, 11) is 0. The number of carbonyl (C=O) groups excluding carboxylic acids is 2. The Morgan fingerprint density at radius 2 is 1.96 bits per heavy atom. The number of hydrogen-bond acceptors (Lipinski definition) is 4. The van der Waals surface area contributed by atoms with Crippen molar-refractivity contribution in [3.63, 3.8) is 0 Å². The second-order valence-corrected chi connectivity index (χ2v) is 6.76. The summed E-state index contributed by atoms with van der Waals surface area (Å²) in [5.41, 5.74) is 2.93. The van der Waals surface area contributed by atoms with Gasteiger partial charge in [0, 0.05) is 25.4 Å². The van der Waals surface area contributed by atoms with Crippen LogP contribution in [0, 0.1) is 0 Å². The van der Waals surface area contributed by atoms with Crippen molar-refractivity contribution in [2.75, 3.05) is 5.32 Å². The van der Waals surface area contributed by atoms with Crippen molar-refractivity contribution < 1.29 is 9.59 Å². The lowest BCUT2D eigenvalue weighted by Gasteiger charge is -2.12. The number of anilines is 1. The van der Waals surface area contributed by atoms with E-state index in [9.17, 15) is 9.59 Å². The van der Waals surface area contributed by atoms with Gasteiger partial charge in [-0.15, -0.1) is 0 Å². The molecule has 0 aliphatic carbocycles. The molecule has 0 atom stereocenters. The molecule has 0 fully saturated rings. The maximum atomic E-state index is 12.8. The Bertz CT molecular complexity index is 979. The van der Waals surface area contributed by atoms with Crippen molar-refractivity contribution in [3.8, 4) is 5.82 Å². The molecular formula is C21H23N5O2. The lowest BCUT2D eigenvalue weighted by molar-refractivity contribution is -0.114. The Balaban J connectivity index is 1.78. The Labute approximate surface area is 163 Å². The lowest BCUT2D eigenvalue weighted by Crippen LogP contribution is -2.24. The third-order valence-electron chi connectivity index (χ3n) is 4.16. The van der Waals surface area contributed by atoms with E-state index in [1.54, 1.807) is 23.1 Å².